The van der Waals surface area contributed by atoms with Crippen molar-refractivity contribution in [3.8, 4) is 5.75 Å². The van der Waals surface area contributed by atoms with Crippen LogP contribution >= 0.6 is 11.3 Å². The van der Waals surface area contributed by atoms with Crippen LogP contribution in [0.2, 0.25) is 0 Å². The van der Waals surface area contributed by atoms with Gasteiger partial charge in [0.2, 0.25) is 5.95 Å². The molecule has 0 fully saturated rings. The average Bonchev–Trinajstić information content (AvgIpc) is 3.15. The molecule has 0 amide bonds. The van der Waals surface area contributed by atoms with Gasteiger partial charge in [-0.05, 0) is 35.7 Å². The molecule has 0 unspecified atom stereocenters. The third-order valence-electron chi connectivity index (χ3n) is 3.76. The highest BCUT2D eigenvalue weighted by Gasteiger charge is 2.09. The normalized spacial score (nSPS) is 10.7. The van der Waals surface area contributed by atoms with Gasteiger partial charge in [-0.3, -0.25) is 0 Å². The highest BCUT2D eigenvalue weighted by molar-refractivity contribution is 7.09. The van der Waals surface area contributed by atoms with E-state index in [1.807, 2.05) is 36.4 Å². The van der Waals surface area contributed by atoms with E-state index >= 15 is 0 Å². The smallest absolute Gasteiger partial charge is 0.229 e. The van der Waals surface area contributed by atoms with Gasteiger partial charge in [-0.2, -0.15) is 4.98 Å². The van der Waals surface area contributed by atoms with E-state index < -0.39 is 0 Å². The van der Waals surface area contributed by atoms with E-state index in [0.29, 0.717) is 18.2 Å². The van der Waals surface area contributed by atoms with Crippen LogP contribution in [0.4, 0.5) is 17.5 Å². The number of hydrogen-bond donors (Lipinski definition) is 3. The zero-order chi connectivity index (χ0) is 17.1. The lowest BCUT2D eigenvalue weighted by molar-refractivity contribution is 0.477. The average molecular weight is 348 g/mol. The fourth-order valence-corrected chi connectivity index (χ4v) is 3.20. The number of phenolic OH excluding ortho intramolecular Hbond substituents is 1. The Bertz CT molecular complexity index is 1000. The van der Waals surface area contributed by atoms with Crippen molar-refractivity contribution in [1.29, 1.82) is 0 Å². The van der Waals surface area contributed by atoms with Crippen LogP contribution < -0.4 is 10.6 Å². The number of aromatic hydroxyl groups is 1. The summed E-state index contributed by atoms with van der Waals surface area (Å²) in [6.45, 7) is 0.703. The number of fused-ring (bicyclic) bond motifs is 1. The third-order valence-corrected chi connectivity index (χ3v) is 4.64. The zero-order valence-corrected chi connectivity index (χ0v) is 14.1. The molecule has 0 aliphatic carbocycles. The minimum atomic E-state index is 0.160. The van der Waals surface area contributed by atoms with E-state index in [-0.39, 0.29) is 5.75 Å². The Morgan fingerprint density at radius 1 is 0.920 bits per heavy atom. The van der Waals surface area contributed by atoms with Gasteiger partial charge in [0.15, 0.2) is 0 Å². The molecule has 4 aromatic rings. The summed E-state index contributed by atoms with van der Waals surface area (Å²) < 4.78 is 0. The van der Waals surface area contributed by atoms with E-state index in [0.717, 1.165) is 16.7 Å². The van der Waals surface area contributed by atoms with E-state index in [1.165, 1.54) is 4.88 Å². The molecule has 0 atom stereocenters. The van der Waals surface area contributed by atoms with E-state index in [2.05, 4.69) is 32.0 Å². The van der Waals surface area contributed by atoms with Gasteiger partial charge in [-0.1, -0.05) is 30.3 Å². The Morgan fingerprint density at radius 3 is 2.60 bits per heavy atom. The number of nitrogens with one attached hydrogen (secondary N) is 2. The van der Waals surface area contributed by atoms with Crippen LogP contribution in [-0.2, 0) is 6.54 Å². The minimum absolute atomic E-state index is 0.160. The summed E-state index contributed by atoms with van der Waals surface area (Å²) >= 11 is 1.70. The van der Waals surface area contributed by atoms with E-state index in [9.17, 15) is 5.11 Å². The van der Waals surface area contributed by atoms with Crippen molar-refractivity contribution in [2.45, 2.75) is 6.54 Å². The summed E-state index contributed by atoms with van der Waals surface area (Å²) in [6, 6.07) is 19.0. The first-order chi connectivity index (χ1) is 12.3. The molecule has 2 heterocycles. The first-order valence-corrected chi connectivity index (χ1v) is 8.75. The maximum atomic E-state index is 9.95. The Labute approximate surface area is 149 Å². The molecule has 2 aromatic heterocycles. The molecule has 0 saturated carbocycles. The Kier molecular flexibility index (Phi) is 4.18. The Morgan fingerprint density at radius 2 is 1.76 bits per heavy atom. The van der Waals surface area contributed by atoms with Gasteiger partial charge in [-0.15, -0.1) is 11.3 Å². The van der Waals surface area contributed by atoms with Gasteiger partial charge in [0.05, 0.1) is 17.7 Å². The first kappa shape index (κ1) is 15.4. The summed E-state index contributed by atoms with van der Waals surface area (Å²) in [5.41, 5.74) is 1.41. The Hall–Kier alpha value is -3.12. The number of para-hydroxylation sites is 3. The van der Waals surface area contributed by atoms with Gasteiger partial charge in [0.1, 0.15) is 11.6 Å². The molecule has 3 N–H and O–H groups in total. The number of phenols is 1. The second-order valence-corrected chi connectivity index (χ2v) is 6.52. The molecule has 6 heteroatoms. The fraction of sp³-hybridized carbons (Fsp3) is 0.0526. The van der Waals surface area contributed by atoms with Crippen molar-refractivity contribution in [2.75, 3.05) is 10.6 Å². The monoisotopic (exact) mass is 348 g/mol. The molecular weight excluding hydrogens is 332 g/mol. The van der Waals surface area contributed by atoms with Gasteiger partial charge in [0, 0.05) is 10.3 Å². The summed E-state index contributed by atoms with van der Waals surface area (Å²) in [7, 11) is 0. The topological polar surface area (TPSA) is 70.1 Å². The van der Waals surface area contributed by atoms with Gasteiger partial charge >= 0.3 is 0 Å². The molecule has 0 bridgehead atoms. The van der Waals surface area contributed by atoms with E-state index in [1.54, 1.807) is 29.5 Å². The second-order valence-electron chi connectivity index (χ2n) is 5.49. The molecule has 4 rings (SSSR count). The number of rotatable bonds is 5. The number of aromatic nitrogens is 2. The highest BCUT2D eigenvalue weighted by Crippen LogP contribution is 2.27. The molecule has 0 saturated heterocycles. The quantitative estimate of drug-likeness (QED) is 0.454. The predicted molar refractivity (Wildman–Crippen MR) is 103 cm³/mol. The van der Waals surface area contributed by atoms with Crippen LogP contribution in [0.15, 0.2) is 66.0 Å². The van der Waals surface area contributed by atoms with Gasteiger partial charge < -0.3 is 15.7 Å². The van der Waals surface area contributed by atoms with Crippen LogP contribution in [0.3, 0.4) is 0 Å². The van der Waals surface area contributed by atoms with E-state index in [4.69, 9.17) is 0 Å². The van der Waals surface area contributed by atoms with Crippen LogP contribution in [0.1, 0.15) is 4.88 Å². The molecule has 0 spiro atoms. The number of benzene rings is 2. The molecule has 5 nitrogen and oxygen atoms in total. The van der Waals surface area contributed by atoms with Crippen LogP contribution in [0.25, 0.3) is 10.9 Å². The lowest BCUT2D eigenvalue weighted by Gasteiger charge is -2.12. The first-order valence-electron chi connectivity index (χ1n) is 7.88. The number of hydrogen-bond acceptors (Lipinski definition) is 6. The van der Waals surface area contributed by atoms with Crippen LogP contribution in [0, 0.1) is 0 Å². The Balaban J connectivity index is 1.69. The van der Waals surface area contributed by atoms with Crippen LogP contribution in [-0.4, -0.2) is 15.1 Å². The minimum Gasteiger partial charge on any atom is -0.506 e. The third kappa shape index (κ3) is 3.39. The number of thiophene rings is 1. The van der Waals surface area contributed by atoms with Gasteiger partial charge in [0.25, 0.3) is 0 Å². The van der Waals surface area contributed by atoms with Gasteiger partial charge in [-0.25, -0.2) is 4.98 Å². The summed E-state index contributed by atoms with van der Waals surface area (Å²) in [5.74, 6) is 1.36. The molecule has 124 valence electrons. The predicted octanol–water partition coefficient (Wildman–Crippen LogP) is 4.75. The van der Waals surface area contributed by atoms with Crippen molar-refractivity contribution in [1.82, 2.24) is 9.97 Å². The van der Waals surface area contributed by atoms with Crippen molar-refractivity contribution >= 4 is 39.7 Å². The van der Waals surface area contributed by atoms with Crippen molar-refractivity contribution in [3.05, 3.63) is 70.9 Å². The summed E-state index contributed by atoms with van der Waals surface area (Å²) in [6.07, 6.45) is 0. The molecule has 0 aliphatic heterocycles. The molecule has 0 radical (unpaired) electrons. The van der Waals surface area contributed by atoms with Crippen molar-refractivity contribution in [2.24, 2.45) is 0 Å². The molecule has 2 aromatic carbocycles. The molecule has 25 heavy (non-hydrogen) atoms. The SMILES string of the molecule is Oc1ccccc1Nc1nc(NCc2cccs2)c2ccccc2n1. The van der Waals surface area contributed by atoms with Crippen LogP contribution in [0.5, 0.6) is 5.75 Å². The lowest BCUT2D eigenvalue weighted by atomic mass is 10.2. The fourth-order valence-electron chi connectivity index (χ4n) is 2.55. The number of anilines is 3. The highest BCUT2D eigenvalue weighted by atomic mass is 32.1. The van der Waals surface area contributed by atoms with Crippen molar-refractivity contribution in [3.63, 3.8) is 0 Å². The van der Waals surface area contributed by atoms with Crippen molar-refractivity contribution < 1.29 is 5.11 Å². The largest absolute Gasteiger partial charge is 0.506 e. The maximum absolute atomic E-state index is 9.95. The summed E-state index contributed by atoms with van der Waals surface area (Å²) in [4.78, 5) is 10.4. The molecular formula is C19H16N4OS. The summed E-state index contributed by atoms with van der Waals surface area (Å²) in [5, 5.41) is 19.4. The zero-order valence-electron chi connectivity index (χ0n) is 13.3. The number of nitrogens with zero attached hydrogens (tertiary/aromatic N) is 2. The molecule has 0 aliphatic rings. The maximum Gasteiger partial charge on any atom is 0.229 e. The standard InChI is InChI=1S/C19H16N4OS/c24-17-10-4-3-9-16(17)22-19-21-15-8-2-1-7-14(15)18(23-19)20-12-13-6-5-11-25-13/h1-11,24H,12H2,(H2,20,21,22,23). The lowest BCUT2D eigenvalue weighted by Crippen LogP contribution is -2.05. The second kappa shape index (κ2) is 6.78.